The molecular weight excluding hydrogens is 342 g/mol. The molecule has 2 aliphatic rings. The molecule has 1 aromatic carbocycles. The number of nitrogens with one attached hydrogen (secondary N) is 1. The maximum Gasteiger partial charge on any atom is 0.325 e. The smallest absolute Gasteiger partial charge is 0.325 e. The van der Waals surface area contributed by atoms with E-state index >= 15 is 0 Å². The Balaban J connectivity index is 1.63. The summed E-state index contributed by atoms with van der Waals surface area (Å²) in [5.74, 6) is -0.431. The molecule has 2 aliphatic heterocycles. The zero-order valence-electron chi connectivity index (χ0n) is 16.2. The van der Waals surface area contributed by atoms with Gasteiger partial charge in [0.1, 0.15) is 12.1 Å². The van der Waals surface area contributed by atoms with E-state index in [1.807, 2.05) is 35.2 Å². The van der Waals surface area contributed by atoms with Crippen LogP contribution in [0.1, 0.15) is 51.5 Å². The van der Waals surface area contributed by atoms with Gasteiger partial charge in [-0.3, -0.25) is 14.5 Å². The van der Waals surface area contributed by atoms with Gasteiger partial charge in [-0.2, -0.15) is 0 Å². The second-order valence-electron chi connectivity index (χ2n) is 7.78. The summed E-state index contributed by atoms with van der Waals surface area (Å²) in [5, 5.41) is 2.80. The molecule has 0 aromatic heterocycles. The summed E-state index contributed by atoms with van der Waals surface area (Å²) in [6.45, 7) is 4.37. The topological polar surface area (TPSA) is 69.7 Å². The van der Waals surface area contributed by atoms with Crippen LogP contribution in [0, 0.1) is 0 Å². The molecule has 2 fully saturated rings. The summed E-state index contributed by atoms with van der Waals surface area (Å²) in [5.41, 5.74) is 0.161. The van der Waals surface area contributed by atoms with Crippen molar-refractivity contribution in [2.75, 3.05) is 13.1 Å². The zero-order chi connectivity index (χ0) is 19.4. The number of rotatable bonds is 6. The molecule has 0 radical (unpaired) electrons. The lowest BCUT2D eigenvalue weighted by Gasteiger charge is -2.36. The number of nitrogens with zero attached hydrogens (tertiary/aromatic N) is 2. The van der Waals surface area contributed by atoms with E-state index in [4.69, 9.17) is 0 Å². The minimum atomic E-state index is -0.959. The molecule has 2 atom stereocenters. The van der Waals surface area contributed by atoms with Crippen molar-refractivity contribution in [3.63, 3.8) is 0 Å². The van der Waals surface area contributed by atoms with Gasteiger partial charge in [0.15, 0.2) is 0 Å². The lowest BCUT2D eigenvalue weighted by molar-refractivity contribution is -0.141. The van der Waals surface area contributed by atoms with Crippen LogP contribution in [0.4, 0.5) is 4.79 Å². The van der Waals surface area contributed by atoms with E-state index in [2.05, 4.69) is 12.2 Å². The van der Waals surface area contributed by atoms with E-state index in [9.17, 15) is 14.4 Å². The van der Waals surface area contributed by atoms with Crippen molar-refractivity contribution < 1.29 is 14.4 Å². The molecule has 0 unspecified atom stereocenters. The van der Waals surface area contributed by atoms with Crippen molar-refractivity contribution in [2.45, 2.75) is 64.0 Å². The first-order chi connectivity index (χ1) is 12.9. The van der Waals surface area contributed by atoms with Crippen molar-refractivity contribution in [1.29, 1.82) is 0 Å². The summed E-state index contributed by atoms with van der Waals surface area (Å²) in [4.78, 5) is 41.0. The van der Waals surface area contributed by atoms with E-state index in [1.54, 1.807) is 6.92 Å². The first-order valence-corrected chi connectivity index (χ1v) is 9.92. The molecule has 27 heavy (non-hydrogen) atoms. The number of benzene rings is 1. The molecule has 2 saturated heterocycles. The Labute approximate surface area is 160 Å². The Hall–Kier alpha value is -2.37. The van der Waals surface area contributed by atoms with Gasteiger partial charge in [-0.1, -0.05) is 37.3 Å². The molecule has 0 bridgehead atoms. The van der Waals surface area contributed by atoms with E-state index < -0.39 is 11.6 Å². The highest BCUT2D eigenvalue weighted by Gasteiger charge is 2.48. The fourth-order valence-corrected chi connectivity index (χ4v) is 4.08. The van der Waals surface area contributed by atoms with Crippen LogP contribution in [0.25, 0.3) is 0 Å². The highest BCUT2D eigenvalue weighted by molar-refractivity contribution is 6.08. The van der Waals surface area contributed by atoms with Crippen LogP contribution in [0.3, 0.4) is 0 Å². The van der Waals surface area contributed by atoms with E-state index in [-0.39, 0.29) is 24.4 Å². The van der Waals surface area contributed by atoms with Gasteiger partial charge < -0.3 is 10.2 Å². The van der Waals surface area contributed by atoms with Crippen LogP contribution in [0.5, 0.6) is 0 Å². The minimum absolute atomic E-state index is 0.127. The third-order valence-corrected chi connectivity index (χ3v) is 5.81. The number of hydrogen-bond acceptors (Lipinski definition) is 3. The fraction of sp³-hybridized carbons (Fsp3) is 0.571. The normalized spacial score (nSPS) is 25.6. The standard InChI is InChI=1S/C21H29N3O3/c1-3-17-11-7-8-14-23(17)18(25)15-24-19(26)21(2,22-20(24)27)13-12-16-9-5-4-6-10-16/h4-6,9-10,17H,3,7-8,11-15H2,1-2H3,(H,22,27)/t17-,21+/m1/s1. The summed E-state index contributed by atoms with van der Waals surface area (Å²) in [7, 11) is 0. The monoisotopic (exact) mass is 371 g/mol. The van der Waals surface area contributed by atoms with Gasteiger partial charge in [0.2, 0.25) is 5.91 Å². The predicted molar refractivity (Wildman–Crippen MR) is 103 cm³/mol. The molecule has 3 rings (SSSR count). The largest absolute Gasteiger partial charge is 0.338 e. The minimum Gasteiger partial charge on any atom is -0.338 e. The van der Waals surface area contributed by atoms with Crippen LogP contribution in [-0.4, -0.2) is 52.3 Å². The van der Waals surface area contributed by atoms with Gasteiger partial charge in [-0.05, 0) is 51.0 Å². The van der Waals surface area contributed by atoms with Crippen molar-refractivity contribution >= 4 is 17.8 Å². The molecule has 0 spiro atoms. The number of amides is 4. The van der Waals surface area contributed by atoms with Gasteiger partial charge in [0.25, 0.3) is 5.91 Å². The number of likely N-dealkylation sites (tertiary alicyclic amines) is 1. The van der Waals surface area contributed by atoms with Crippen molar-refractivity contribution in [3.05, 3.63) is 35.9 Å². The molecule has 6 heteroatoms. The lowest BCUT2D eigenvalue weighted by Crippen LogP contribution is -2.49. The summed E-state index contributed by atoms with van der Waals surface area (Å²) in [6, 6.07) is 9.64. The Bertz CT molecular complexity index is 706. The first kappa shape index (κ1) is 19.4. The first-order valence-electron chi connectivity index (χ1n) is 9.92. The molecule has 146 valence electrons. The third kappa shape index (κ3) is 4.15. The Morgan fingerprint density at radius 3 is 2.67 bits per heavy atom. The van der Waals surface area contributed by atoms with E-state index in [1.165, 1.54) is 0 Å². The summed E-state index contributed by atoms with van der Waals surface area (Å²) in [6.07, 6.45) is 5.21. The maximum atomic E-state index is 12.9. The Morgan fingerprint density at radius 2 is 1.96 bits per heavy atom. The van der Waals surface area contributed by atoms with E-state index in [0.717, 1.165) is 36.1 Å². The van der Waals surface area contributed by atoms with Gasteiger partial charge in [-0.15, -0.1) is 0 Å². The van der Waals surface area contributed by atoms with Crippen LogP contribution >= 0.6 is 0 Å². The lowest BCUT2D eigenvalue weighted by atomic mass is 9.93. The fourth-order valence-electron chi connectivity index (χ4n) is 4.08. The van der Waals surface area contributed by atoms with Crippen molar-refractivity contribution in [2.24, 2.45) is 0 Å². The number of carbonyl (C=O) groups excluding carboxylic acids is 3. The zero-order valence-corrected chi connectivity index (χ0v) is 16.2. The molecular formula is C21H29N3O3. The average Bonchev–Trinajstić information content (AvgIpc) is 2.90. The molecule has 6 nitrogen and oxygen atoms in total. The Morgan fingerprint density at radius 1 is 1.22 bits per heavy atom. The maximum absolute atomic E-state index is 12.9. The van der Waals surface area contributed by atoms with Gasteiger partial charge >= 0.3 is 6.03 Å². The Kier molecular flexibility index (Phi) is 5.82. The average molecular weight is 371 g/mol. The predicted octanol–water partition coefficient (Wildman–Crippen LogP) is 2.72. The number of carbonyl (C=O) groups is 3. The number of urea groups is 1. The third-order valence-electron chi connectivity index (χ3n) is 5.81. The number of piperidine rings is 1. The second kappa shape index (κ2) is 8.11. The molecule has 1 aromatic rings. The molecule has 0 aliphatic carbocycles. The number of aryl methyl sites for hydroxylation is 1. The van der Waals surface area contributed by atoms with Gasteiger partial charge in [0, 0.05) is 12.6 Å². The quantitative estimate of drug-likeness (QED) is 0.782. The number of imide groups is 1. The molecule has 1 N–H and O–H groups in total. The van der Waals surface area contributed by atoms with Crippen LogP contribution in [0.15, 0.2) is 30.3 Å². The van der Waals surface area contributed by atoms with Crippen LogP contribution in [-0.2, 0) is 16.0 Å². The summed E-state index contributed by atoms with van der Waals surface area (Å²) < 4.78 is 0. The second-order valence-corrected chi connectivity index (χ2v) is 7.78. The van der Waals surface area contributed by atoms with Crippen molar-refractivity contribution in [3.8, 4) is 0 Å². The van der Waals surface area contributed by atoms with Crippen LogP contribution < -0.4 is 5.32 Å². The van der Waals surface area contributed by atoms with E-state index in [0.29, 0.717) is 19.4 Å². The van der Waals surface area contributed by atoms with Gasteiger partial charge in [0.05, 0.1) is 0 Å². The molecule has 2 heterocycles. The number of hydrogen-bond donors (Lipinski definition) is 1. The molecule has 4 amide bonds. The highest BCUT2D eigenvalue weighted by atomic mass is 16.2. The highest BCUT2D eigenvalue weighted by Crippen LogP contribution is 2.25. The SMILES string of the molecule is CC[C@@H]1CCCCN1C(=O)CN1C(=O)N[C@@](C)(CCc2ccccc2)C1=O. The van der Waals surface area contributed by atoms with Crippen molar-refractivity contribution in [1.82, 2.24) is 15.1 Å². The van der Waals surface area contributed by atoms with Crippen LogP contribution in [0.2, 0.25) is 0 Å². The van der Waals surface area contributed by atoms with Gasteiger partial charge in [-0.25, -0.2) is 4.79 Å². The summed E-state index contributed by atoms with van der Waals surface area (Å²) >= 11 is 0. The molecule has 0 saturated carbocycles.